The van der Waals surface area contributed by atoms with Gasteiger partial charge >= 0.3 is 5.97 Å². The van der Waals surface area contributed by atoms with Gasteiger partial charge in [0.05, 0.1) is 12.7 Å². The number of aliphatic hydroxyl groups excluding tert-OH is 1. The van der Waals surface area contributed by atoms with E-state index in [1.165, 1.54) is 4.90 Å². The number of hydrogen-bond acceptors (Lipinski definition) is 6. The number of β-amino-alcohol motifs (C(OH)–C–C–N with tert-alkyl or cyclic N) is 1. The number of amides is 2. The number of unbranched alkanes of at least 4 members (excludes halogenated alkanes) is 2. The molecule has 8 heteroatoms. The molecule has 8 nitrogen and oxygen atoms in total. The predicted octanol–water partition coefficient (Wildman–Crippen LogP) is 1.33. The lowest BCUT2D eigenvalue weighted by Gasteiger charge is -2.28. The van der Waals surface area contributed by atoms with Crippen LogP contribution < -0.4 is 5.32 Å². The van der Waals surface area contributed by atoms with Gasteiger partial charge in [-0.3, -0.25) is 9.59 Å². The molecular formula is C22H34N2O6. The van der Waals surface area contributed by atoms with Crippen molar-refractivity contribution >= 4 is 17.8 Å². The number of hydrogen-bond donors (Lipinski definition) is 2. The normalized spacial score (nSPS) is 28.5. The summed E-state index contributed by atoms with van der Waals surface area (Å²) in [6.45, 7) is 11.4. The van der Waals surface area contributed by atoms with Crippen molar-refractivity contribution in [3.05, 3.63) is 25.3 Å². The minimum Gasteiger partial charge on any atom is -0.464 e. The Balaban J connectivity index is 2.00. The summed E-state index contributed by atoms with van der Waals surface area (Å²) in [5, 5.41) is 12.9. The molecule has 0 spiro atoms. The Bertz CT molecular complexity index is 666. The van der Waals surface area contributed by atoms with E-state index in [-0.39, 0.29) is 31.4 Å². The Hall–Kier alpha value is -2.19. The number of esters is 1. The zero-order valence-corrected chi connectivity index (χ0v) is 18.0. The third-order valence-electron chi connectivity index (χ3n) is 5.67. The number of rotatable bonds is 12. The van der Waals surface area contributed by atoms with Gasteiger partial charge in [0.1, 0.15) is 17.7 Å². The molecule has 1 saturated carbocycles. The lowest BCUT2D eigenvalue weighted by Crippen LogP contribution is -2.54. The summed E-state index contributed by atoms with van der Waals surface area (Å²) in [7, 11) is 0. The van der Waals surface area contributed by atoms with Crippen LogP contribution in [0.4, 0.5) is 0 Å². The molecule has 2 rings (SSSR count). The minimum atomic E-state index is -1.13. The molecule has 0 aromatic rings. The van der Waals surface area contributed by atoms with E-state index in [9.17, 15) is 19.5 Å². The molecule has 0 unspecified atom stereocenters. The van der Waals surface area contributed by atoms with Crippen LogP contribution in [0.2, 0.25) is 0 Å². The number of likely N-dealkylation sites (tertiary alicyclic amines) is 1. The summed E-state index contributed by atoms with van der Waals surface area (Å²) < 4.78 is 10.7. The third-order valence-corrected chi connectivity index (χ3v) is 5.67. The van der Waals surface area contributed by atoms with E-state index in [1.54, 1.807) is 19.9 Å². The summed E-state index contributed by atoms with van der Waals surface area (Å²) >= 11 is 0. The molecular weight excluding hydrogens is 388 g/mol. The summed E-state index contributed by atoms with van der Waals surface area (Å²) in [6.07, 6.45) is 5.07. The lowest BCUT2D eigenvalue weighted by atomic mass is 10.1. The van der Waals surface area contributed by atoms with E-state index >= 15 is 0 Å². The molecule has 2 N–H and O–H groups in total. The monoisotopic (exact) mass is 422 g/mol. The Morgan fingerprint density at radius 1 is 1.33 bits per heavy atom. The van der Waals surface area contributed by atoms with Crippen molar-refractivity contribution in [2.75, 3.05) is 19.8 Å². The van der Waals surface area contributed by atoms with Crippen molar-refractivity contribution in [3.63, 3.8) is 0 Å². The first-order chi connectivity index (χ1) is 14.3. The number of nitrogens with zero attached hydrogens (tertiary/aromatic N) is 1. The Morgan fingerprint density at radius 3 is 2.67 bits per heavy atom. The van der Waals surface area contributed by atoms with Crippen LogP contribution in [0, 0.1) is 5.92 Å². The maximum Gasteiger partial charge on any atom is 0.332 e. The molecule has 2 fully saturated rings. The maximum absolute atomic E-state index is 13.0. The zero-order chi connectivity index (χ0) is 22.3. The number of allylic oxidation sites excluding steroid dienone is 1. The zero-order valence-electron chi connectivity index (χ0n) is 18.0. The van der Waals surface area contributed by atoms with Gasteiger partial charge in [0, 0.05) is 25.5 Å². The summed E-state index contributed by atoms with van der Waals surface area (Å²) in [5.74, 6) is -1.54. The lowest BCUT2D eigenvalue weighted by molar-refractivity contribution is -0.151. The third kappa shape index (κ3) is 5.49. The van der Waals surface area contributed by atoms with Crippen LogP contribution in [0.3, 0.4) is 0 Å². The average Bonchev–Trinajstić information content (AvgIpc) is 3.30. The highest BCUT2D eigenvalue weighted by atomic mass is 16.5. The Labute approximate surface area is 178 Å². The van der Waals surface area contributed by atoms with E-state index < -0.39 is 35.7 Å². The molecule has 5 atom stereocenters. The van der Waals surface area contributed by atoms with Crippen LogP contribution in [0.25, 0.3) is 0 Å². The average molecular weight is 423 g/mol. The highest BCUT2D eigenvalue weighted by molar-refractivity contribution is 5.96. The smallest absolute Gasteiger partial charge is 0.332 e. The van der Waals surface area contributed by atoms with Gasteiger partial charge in [0.15, 0.2) is 0 Å². The second-order valence-electron chi connectivity index (χ2n) is 7.92. The predicted molar refractivity (Wildman–Crippen MR) is 111 cm³/mol. The topological polar surface area (TPSA) is 105 Å². The fourth-order valence-corrected chi connectivity index (χ4v) is 3.83. The van der Waals surface area contributed by atoms with Gasteiger partial charge in [0.2, 0.25) is 5.91 Å². The van der Waals surface area contributed by atoms with E-state index in [0.717, 1.165) is 19.3 Å². The Kier molecular flexibility index (Phi) is 8.61. The molecule has 1 heterocycles. The molecule has 1 aliphatic heterocycles. The molecule has 2 amide bonds. The number of carbonyl (C=O) groups excluding carboxylic acids is 3. The van der Waals surface area contributed by atoms with Crippen molar-refractivity contribution < 1.29 is 29.0 Å². The molecule has 0 aromatic heterocycles. The van der Waals surface area contributed by atoms with Crippen LogP contribution in [0.5, 0.6) is 0 Å². The molecule has 30 heavy (non-hydrogen) atoms. The van der Waals surface area contributed by atoms with Crippen LogP contribution in [-0.2, 0) is 23.9 Å². The summed E-state index contributed by atoms with van der Waals surface area (Å²) in [5.41, 5.74) is -1.13. The van der Waals surface area contributed by atoms with E-state index in [1.807, 2.05) is 6.08 Å². The first-order valence-corrected chi connectivity index (χ1v) is 10.6. The molecule has 2 aliphatic rings. The first kappa shape index (κ1) is 24.1. The van der Waals surface area contributed by atoms with Gasteiger partial charge in [-0.2, -0.15) is 0 Å². The standard InChI is InChI=1S/C22H34N2O6/c1-5-8-9-10-11-30-15(4)20(27)24-14-17(25)12-18(24)19(26)23-22(13-16(22)6-2)21(28)29-7-3/h5-6,15-18,25H,1-2,7-14H2,3-4H3,(H,23,26)/t15-,16-,17+,18+,22-/m1/s1. The Morgan fingerprint density at radius 2 is 2.07 bits per heavy atom. The van der Waals surface area contributed by atoms with Gasteiger partial charge in [-0.1, -0.05) is 12.2 Å². The number of aliphatic hydroxyl groups is 1. The minimum absolute atomic E-state index is 0.0539. The molecule has 168 valence electrons. The summed E-state index contributed by atoms with van der Waals surface area (Å²) in [6, 6.07) is -0.864. The van der Waals surface area contributed by atoms with Crippen molar-refractivity contribution in [2.45, 2.75) is 69.7 Å². The van der Waals surface area contributed by atoms with E-state index in [0.29, 0.717) is 13.0 Å². The number of ether oxygens (including phenoxy) is 2. The van der Waals surface area contributed by atoms with E-state index in [2.05, 4.69) is 18.5 Å². The molecule has 0 bridgehead atoms. The first-order valence-electron chi connectivity index (χ1n) is 10.6. The molecule has 1 aliphatic carbocycles. The van der Waals surface area contributed by atoms with Crippen LogP contribution >= 0.6 is 0 Å². The van der Waals surface area contributed by atoms with Crippen molar-refractivity contribution in [2.24, 2.45) is 5.92 Å². The van der Waals surface area contributed by atoms with Crippen molar-refractivity contribution in [1.29, 1.82) is 0 Å². The molecule has 1 saturated heterocycles. The molecule has 0 radical (unpaired) electrons. The van der Waals surface area contributed by atoms with Crippen molar-refractivity contribution in [1.82, 2.24) is 10.2 Å². The second-order valence-corrected chi connectivity index (χ2v) is 7.92. The van der Waals surface area contributed by atoms with Gasteiger partial charge in [0.25, 0.3) is 5.91 Å². The fourth-order valence-electron chi connectivity index (χ4n) is 3.83. The highest BCUT2D eigenvalue weighted by Gasteiger charge is 2.62. The van der Waals surface area contributed by atoms with Gasteiger partial charge in [-0.15, -0.1) is 13.2 Å². The highest BCUT2D eigenvalue weighted by Crippen LogP contribution is 2.45. The van der Waals surface area contributed by atoms with Gasteiger partial charge < -0.3 is 24.8 Å². The number of nitrogens with one attached hydrogen (secondary N) is 1. The van der Waals surface area contributed by atoms with Crippen molar-refractivity contribution in [3.8, 4) is 0 Å². The van der Waals surface area contributed by atoms with Gasteiger partial charge in [-0.25, -0.2) is 4.79 Å². The van der Waals surface area contributed by atoms with Crippen LogP contribution in [0.15, 0.2) is 25.3 Å². The number of carbonyl (C=O) groups is 3. The molecule has 0 aromatic carbocycles. The quantitative estimate of drug-likeness (QED) is 0.279. The second kappa shape index (κ2) is 10.7. The van der Waals surface area contributed by atoms with Crippen LogP contribution in [0.1, 0.15) is 46.0 Å². The summed E-state index contributed by atoms with van der Waals surface area (Å²) in [4.78, 5) is 39.6. The van der Waals surface area contributed by atoms with E-state index in [4.69, 9.17) is 9.47 Å². The van der Waals surface area contributed by atoms with Crippen LogP contribution in [-0.4, -0.2) is 71.3 Å². The fraction of sp³-hybridized carbons (Fsp3) is 0.682. The SMILES string of the molecule is C=CCCCCO[C@H](C)C(=O)N1C[C@@H](O)C[C@H]1C(=O)N[C@]1(C(=O)OCC)C[C@H]1C=C. The largest absolute Gasteiger partial charge is 0.464 e. The maximum atomic E-state index is 13.0. The van der Waals surface area contributed by atoms with Gasteiger partial charge in [-0.05, 0) is 39.5 Å².